The highest BCUT2D eigenvalue weighted by Gasteiger charge is 2.20. The standard InChI is InChI=1S/C23H17FN2O8/c1-32-22(28)17-8-7-16(12-18(17)23(29)33-2)34-20-11-14(24)6-9-19(20)25-21(27)13-4-3-5-15(10-13)26(30)31/h3-12H,1-2H3,(H,25,27). The van der Waals surface area contributed by atoms with E-state index in [2.05, 4.69) is 14.8 Å². The summed E-state index contributed by atoms with van der Waals surface area (Å²) in [4.78, 5) is 47.0. The van der Waals surface area contributed by atoms with Crippen molar-refractivity contribution >= 4 is 29.2 Å². The van der Waals surface area contributed by atoms with Gasteiger partial charge in [-0.15, -0.1) is 0 Å². The lowest BCUT2D eigenvalue weighted by molar-refractivity contribution is -0.384. The number of halogens is 1. The normalized spacial score (nSPS) is 10.2. The molecule has 1 amide bonds. The summed E-state index contributed by atoms with van der Waals surface area (Å²) >= 11 is 0. The van der Waals surface area contributed by atoms with E-state index in [9.17, 15) is 28.9 Å². The van der Waals surface area contributed by atoms with E-state index in [0.717, 1.165) is 32.4 Å². The van der Waals surface area contributed by atoms with Crippen molar-refractivity contribution in [2.45, 2.75) is 0 Å². The molecule has 0 aliphatic heterocycles. The fourth-order valence-electron chi connectivity index (χ4n) is 2.92. The molecule has 0 aromatic heterocycles. The zero-order valence-electron chi connectivity index (χ0n) is 17.9. The molecular formula is C23H17FN2O8. The molecule has 0 fully saturated rings. The van der Waals surface area contributed by atoms with Crippen molar-refractivity contribution in [2.75, 3.05) is 19.5 Å². The van der Waals surface area contributed by atoms with Gasteiger partial charge in [0.2, 0.25) is 0 Å². The molecule has 174 valence electrons. The first-order valence-corrected chi connectivity index (χ1v) is 9.57. The predicted octanol–water partition coefficient (Wildman–Crippen LogP) is 4.35. The van der Waals surface area contributed by atoms with Crippen LogP contribution in [0.5, 0.6) is 11.5 Å². The molecule has 1 N–H and O–H groups in total. The van der Waals surface area contributed by atoms with E-state index in [-0.39, 0.29) is 39.6 Å². The number of ether oxygens (including phenoxy) is 3. The van der Waals surface area contributed by atoms with Gasteiger partial charge in [-0.3, -0.25) is 14.9 Å². The minimum atomic E-state index is -0.829. The summed E-state index contributed by atoms with van der Waals surface area (Å²) in [5.41, 5.74) is -0.440. The van der Waals surface area contributed by atoms with Gasteiger partial charge in [-0.1, -0.05) is 6.07 Å². The second-order valence-electron chi connectivity index (χ2n) is 6.69. The predicted molar refractivity (Wildman–Crippen MR) is 117 cm³/mol. The van der Waals surface area contributed by atoms with Crippen LogP contribution >= 0.6 is 0 Å². The zero-order valence-corrected chi connectivity index (χ0v) is 17.9. The maximum absolute atomic E-state index is 13.9. The average molecular weight is 468 g/mol. The monoisotopic (exact) mass is 468 g/mol. The Balaban J connectivity index is 1.93. The maximum atomic E-state index is 13.9. The third-order valence-electron chi connectivity index (χ3n) is 4.54. The van der Waals surface area contributed by atoms with Crippen LogP contribution in [0.4, 0.5) is 15.8 Å². The molecule has 3 rings (SSSR count). The number of nitrogens with one attached hydrogen (secondary N) is 1. The Morgan fingerprint density at radius 2 is 1.62 bits per heavy atom. The molecule has 11 heteroatoms. The van der Waals surface area contributed by atoms with Crippen LogP contribution in [0.3, 0.4) is 0 Å². The van der Waals surface area contributed by atoms with E-state index in [0.29, 0.717) is 0 Å². The minimum absolute atomic E-state index is 0.000108. The molecule has 0 aliphatic rings. The number of amides is 1. The molecule has 0 unspecified atom stereocenters. The first kappa shape index (κ1) is 23.9. The van der Waals surface area contributed by atoms with Gasteiger partial charge in [0, 0.05) is 23.8 Å². The SMILES string of the molecule is COC(=O)c1ccc(Oc2cc(F)ccc2NC(=O)c2cccc([N+](=O)[O-])c2)cc1C(=O)OC. The number of nitrogens with zero attached hydrogens (tertiary/aromatic N) is 1. The second-order valence-corrected chi connectivity index (χ2v) is 6.69. The molecule has 10 nitrogen and oxygen atoms in total. The van der Waals surface area contributed by atoms with Crippen LogP contribution in [0.15, 0.2) is 60.7 Å². The van der Waals surface area contributed by atoms with E-state index in [1.165, 1.54) is 42.5 Å². The largest absolute Gasteiger partial charge is 0.465 e. The van der Waals surface area contributed by atoms with E-state index < -0.39 is 28.6 Å². The number of methoxy groups -OCH3 is 2. The summed E-state index contributed by atoms with van der Waals surface area (Å²) in [6, 6.07) is 12.2. The highest BCUT2D eigenvalue weighted by Crippen LogP contribution is 2.32. The van der Waals surface area contributed by atoms with Crippen molar-refractivity contribution in [3.05, 3.63) is 93.3 Å². The Morgan fingerprint density at radius 3 is 2.29 bits per heavy atom. The molecule has 0 aliphatic carbocycles. The number of hydrogen-bond acceptors (Lipinski definition) is 8. The van der Waals surface area contributed by atoms with Crippen LogP contribution in [-0.4, -0.2) is 37.0 Å². The number of anilines is 1. The van der Waals surface area contributed by atoms with Crippen molar-refractivity contribution in [1.29, 1.82) is 0 Å². The molecular weight excluding hydrogens is 451 g/mol. The van der Waals surface area contributed by atoms with Gasteiger partial charge in [0.05, 0.1) is 36.0 Å². The third kappa shape index (κ3) is 5.33. The van der Waals surface area contributed by atoms with Crippen LogP contribution in [-0.2, 0) is 9.47 Å². The van der Waals surface area contributed by atoms with Crippen LogP contribution in [0.2, 0.25) is 0 Å². The quantitative estimate of drug-likeness (QED) is 0.307. The maximum Gasteiger partial charge on any atom is 0.338 e. The van der Waals surface area contributed by atoms with Gasteiger partial charge >= 0.3 is 11.9 Å². The average Bonchev–Trinajstić information content (AvgIpc) is 2.84. The van der Waals surface area contributed by atoms with Gasteiger partial charge in [-0.25, -0.2) is 14.0 Å². The molecule has 0 atom stereocenters. The number of carbonyl (C=O) groups is 3. The van der Waals surface area contributed by atoms with Crippen molar-refractivity contribution in [2.24, 2.45) is 0 Å². The third-order valence-corrected chi connectivity index (χ3v) is 4.54. The highest BCUT2D eigenvalue weighted by molar-refractivity contribution is 6.05. The Labute approximate surface area is 192 Å². The number of nitro benzene ring substituents is 1. The van der Waals surface area contributed by atoms with Gasteiger partial charge in [0.15, 0.2) is 5.75 Å². The number of rotatable bonds is 7. The summed E-state index contributed by atoms with van der Waals surface area (Å²) in [5.74, 6) is -3.07. The molecule has 34 heavy (non-hydrogen) atoms. The summed E-state index contributed by atoms with van der Waals surface area (Å²) in [5, 5.41) is 13.5. The number of hydrogen-bond donors (Lipinski definition) is 1. The van der Waals surface area contributed by atoms with Crippen LogP contribution in [0, 0.1) is 15.9 Å². The molecule has 3 aromatic rings. The van der Waals surface area contributed by atoms with Gasteiger partial charge in [-0.05, 0) is 36.4 Å². The summed E-state index contributed by atoms with van der Waals surface area (Å²) < 4.78 is 28.9. The van der Waals surface area contributed by atoms with Crippen molar-refractivity contribution < 1.29 is 37.9 Å². The van der Waals surface area contributed by atoms with Crippen molar-refractivity contribution in [1.82, 2.24) is 0 Å². The molecule has 0 radical (unpaired) electrons. The van der Waals surface area contributed by atoms with Crippen molar-refractivity contribution in [3.63, 3.8) is 0 Å². The molecule has 0 saturated heterocycles. The lowest BCUT2D eigenvalue weighted by atomic mass is 10.1. The van der Waals surface area contributed by atoms with Gasteiger partial charge in [-0.2, -0.15) is 0 Å². The molecule has 0 bridgehead atoms. The molecule has 0 spiro atoms. The molecule has 0 heterocycles. The molecule has 0 saturated carbocycles. The van der Waals surface area contributed by atoms with Crippen LogP contribution in [0.1, 0.15) is 31.1 Å². The zero-order chi connectivity index (χ0) is 24.8. The van der Waals surface area contributed by atoms with E-state index in [1.54, 1.807) is 0 Å². The fourth-order valence-corrected chi connectivity index (χ4v) is 2.92. The topological polar surface area (TPSA) is 134 Å². The minimum Gasteiger partial charge on any atom is -0.465 e. The van der Waals surface area contributed by atoms with E-state index >= 15 is 0 Å². The number of carbonyl (C=O) groups excluding carboxylic acids is 3. The van der Waals surface area contributed by atoms with Gasteiger partial charge in [0.25, 0.3) is 11.6 Å². The lowest BCUT2D eigenvalue weighted by Crippen LogP contribution is -2.13. The lowest BCUT2D eigenvalue weighted by Gasteiger charge is -2.14. The van der Waals surface area contributed by atoms with E-state index in [4.69, 9.17) is 4.74 Å². The Hall–Kier alpha value is -4.80. The number of esters is 2. The second kappa shape index (κ2) is 10.2. The van der Waals surface area contributed by atoms with Crippen LogP contribution < -0.4 is 10.1 Å². The smallest absolute Gasteiger partial charge is 0.338 e. The van der Waals surface area contributed by atoms with Gasteiger partial charge < -0.3 is 19.5 Å². The number of benzene rings is 3. The van der Waals surface area contributed by atoms with Crippen LogP contribution in [0.25, 0.3) is 0 Å². The summed E-state index contributed by atoms with van der Waals surface area (Å²) in [7, 11) is 2.28. The Bertz CT molecular complexity index is 1290. The summed E-state index contributed by atoms with van der Waals surface area (Å²) in [6.45, 7) is 0. The highest BCUT2D eigenvalue weighted by atomic mass is 19.1. The van der Waals surface area contributed by atoms with Gasteiger partial charge in [0.1, 0.15) is 11.6 Å². The molecule has 3 aromatic carbocycles. The summed E-state index contributed by atoms with van der Waals surface area (Å²) in [6.07, 6.45) is 0. The Kier molecular flexibility index (Phi) is 7.16. The first-order chi connectivity index (χ1) is 16.2. The van der Waals surface area contributed by atoms with E-state index in [1.807, 2.05) is 0 Å². The van der Waals surface area contributed by atoms with Crippen molar-refractivity contribution in [3.8, 4) is 11.5 Å². The number of nitro groups is 1. The Morgan fingerprint density at radius 1 is 0.912 bits per heavy atom. The first-order valence-electron chi connectivity index (χ1n) is 9.57. The number of non-ortho nitro benzene ring substituents is 1. The fraction of sp³-hybridized carbons (Fsp3) is 0.0870.